The van der Waals surface area contributed by atoms with Crippen molar-refractivity contribution in [2.75, 3.05) is 13.1 Å². The van der Waals surface area contributed by atoms with E-state index in [1.165, 1.54) is 0 Å². The molecule has 2 aromatic rings. The molecule has 1 spiro atoms. The van der Waals surface area contributed by atoms with Crippen LogP contribution in [0.3, 0.4) is 0 Å². The minimum Gasteiger partial charge on any atom is -0.469 e. The van der Waals surface area contributed by atoms with Gasteiger partial charge in [-0.05, 0) is 42.4 Å². The second kappa shape index (κ2) is 7.59. The molecule has 2 aliphatic rings. The lowest BCUT2D eigenvalue weighted by Crippen LogP contribution is -2.40. The molecule has 1 saturated heterocycles. The summed E-state index contributed by atoms with van der Waals surface area (Å²) in [6.45, 7) is 2.11. The van der Waals surface area contributed by atoms with E-state index in [0.29, 0.717) is 19.4 Å². The van der Waals surface area contributed by atoms with Gasteiger partial charge in [0.1, 0.15) is 5.76 Å². The number of furan rings is 1. The van der Waals surface area contributed by atoms with Crippen molar-refractivity contribution in [1.29, 1.82) is 0 Å². The van der Waals surface area contributed by atoms with Crippen molar-refractivity contribution in [2.24, 2.45) is 11.3 Å². The Morgan fingerprint density at radius 2 is 1.89 bits per heavy atom. The van der Waals surface area contributed by atoms with Gasteiger partial charge in [0, 0.05) is 38.4 Å². The van der Waals surface area contributed by atoms with E-state index < -0.39 is 0 Å². The number of carbonyl (C=O) groups is 2. The minimum absolute atomic E-state index is 0.113. The molecular weight excluding hydrogens is 340 g/mol. The van der Waals surface area contributed by atoms with Crippen LogP contribution < -0.4 is 5.32 Å². The maximum atomic E-state index is 12.5. The first kappa shape index (κ1) is 17.8. The Balaban J connectivity index is 1.21. The van der Waals surface area contributed by atoms with E-state index in [9.17, 15) is 9.59 Å². The molecule has 5 heteroatoms. The highest BCUT2D eigenvalue weighted by atomic mass is 16.3. The fraction of sp³-hybridized carbons (Fsp3) is 0.455. The lowest BCUT2D eigenvalue weighted by atomic mass is 9.90. The number of amides is 2. The Hall–Kier alpha value is -2.56. The van der Waals surface area contributed by atoms with E-state index in [-0.39, 0.29) is 23.1 Å². The fourth-order valence-corrected chi connectivity index (χ4v) is 4.22. The maximum Gasteiger partial charge on any atom is 0.223 e. The van der Waals surface area contributed by atoms with E-state index in [1.54, 1.807) is 6.26 Å². The van der Waals surface area contributed by atoms with Crippen molar-refractivity contribution < 1.29 is 14.0 Å². The summed E-state index contributed by atoms with van der Waals surface area (Å²) < 4.78 is 5.29. The average Bonchev–Trinajstić information content (AvgIpc) is 3.14. The van der Waals surface area contributed by atoms with Crippen LogP contribution in [0.1, 0.15) is 37.0 Å². The number of likely N-dealkylation sites (tertiary alicyclic amines) is 1. The average molecular weight is 366 g/mol. The van der Waals surface area contributed by atoms with Gasteiger partial charge in [0.2, 0.25) is 11.8 Å². The number of hydrogen-bond acceptors (Lipinski definition) is 3. The number of benzene rings is 1. The summed E-state index contributed by atoms with van der Waals surface area (Å²) in [6, 6.07) is 13.7. The van der Waals surface area contributed by atoms with Crippen LogP contribution in [0.25, 0.3) is 0 Å². The molecule has 1 aliphatic heterocycles. The highest BCUT2D eigenvalue weighted by Gasteiger charge is 2.58. The zero-order valence-electron chi connectivity index (χ0n) is 15.5. The topological polar surface area (TPSA) is 62.6 Å². The lowest BCUT2D eigenvalue weighted by molar-refractivity contribution is -0.133. The molecule has 27 heavy (non-hydrogen) atoms. The molecule has 1 atom stereocenters. The van der Waals surface area contributed by atoms with Crippen molar-refractivity contribution in [1.82, 2.24) is 10.2 Å². The zero-order valence-corrected chi connectivity index (χ0v) is 15.5. The monoisotopic (exact) mass is 366 g/mol. The Kier molecular flexibility index (Phi) is 5.01. The predicted molar refractivity (Wildman–Crippen MR) is 102 cm³/mol. The van der Waals surface area contributed by atoms with Gasteiger partial charge in [0.05, 0.1) is 6.26 Å². The number of rotatable bonds is 6. The van der Waals surface area contributed by atoms with Crippen molar-refractivity contribution in [3.05, 3.63) is 60.1 Å². The molecule has 1 aliphatic carbocycles. The molecule has 5 nitrogen and oxygen atoms in total. The molecule has 0 bridgehead atoms. The first-order valence-electron chi connectivity index (χ1n) is 9.78. The predicted octanol–water partition coefficient (Wildman–Crippen LogP) is 3.16. The maximum absolute atomic E-state index is 12.5. The summed E-state index contributed by atoms with van der Waals surface area (Å²) in [5.41, 5.74) is 1.25. The highest BCUT2D eigenvalue weighted by molar-refractivity contribution is 5.83. The summed E-state index contributed by atoms with van der Waals surface area (Å²) in [5, 5.41) is 3.07. The number of aryl methyl sites for hydroxylation is 1. The molecule has 1 saturated carbocycles. The van der Waals surface area contributed by atoms with Gasteiger partial charge >= 0.3 is 0 Å². The second-order valence-corrected chi connectivity index (χ2v) is 7.78. The van der Waals surface area contributed by atoms with Crippen molar-refractivity contribution in [2.45, 2.75) is 38.6 Å². The zero-order chi connectivity index (χ0) is 18.7. The Labute approximate surface area is 159 Å². The Bertz CT molecular complexity index is 777. The van der Waals surface area contributed by atoms with Gasteiger partial charge in [0.15, 0.2) is 0 Å². The van der Waals surface area contributed by atoms with Crippen LogP contribution in [0.2, 0.25) is 0 Å². The molecule has 0 unspecified atom stereocenters. The van der Waals surface area contributed by atoms with E-state index in [2.05, 4.69) is 5.32 Å². The van der Waals surface area contributed by atoms with Gasteiger partial charge in [0.25, 0.3) is 0 Å². The van der Waals surface area contributed by atoms with Crippen LogP contribution in [0.4, 0.5) is 0 Å². The third-order valence-electron chi connectivity index (χ3n) is 6.09. The van der Waals surface area contributed by atoms with Crippen LogP contribution in [-0.2, 0) is 22.6 Å². The van der Waals surface area contributed by atoms with Gasteiger partial charge in [-0.25, -0.2) is 0 Å². The van der Waals surface area contributed by atoms with Crippen molar-refractivity contribution in [3.8, 4) is 0 Å². The molecule has 2 amide bonds. The highest BCUT2D eigenvalue weighted by Crippen LogP contribution is 2.59. The third kappa shape index (κ3) is 4.07. The van der Waals surface area contributed by atoms with Crippen molar-refractivity contribution >= 4 is 11.8 Å². The smallest absolute Gasteiger partial charge is 0.223 e. The van der Waals surface area contributed by atoms with E-state index in [1.807, 2.05) is 47.4 Å². The van der Waals surface area contributed by atoms with Crippen LogP contribution >= 0.6 is 0 Å². The Morgan fingerprint density at radius 3 is 2.59 bits per heavy atom. The number of hydrogen-bond donors (Lipinski definition) is 1. The molecule has 1 aromatic carbocycles. The van der Waals surface area contributed by atoms with Crippen LogP contribution in [0, 0.1) is 11.3 Å². The molecular formula is C22H26N2O3. The van der Waals surface area contributed by atoms with Crippen LogP contribution in [-0.4, -0.2) is 29.8 Å². The SMILES string of the molecule is O=C(NCc1ccccc1)[C@H]1CC12CCN(C(=O)CCc1ccco1)CC2. The third-order valence-corrected chi connectivity index (χ3v) is 6.09. The molecule has 2 heterocycles. The van der Waals surface area contributed by atoms with E-state index in [0.717, 1.165) is 43.7 Å². The van der Waals surface area contributed by atoms with Crippen molar-refractivity contribution in [3.63, 3.8) is 0 Å². The summed E-state index contributed by atoms with van der Waals surface area (Å²) in [7, 11) is 0. The van der Waals surface area contributed by atoms with Gasteiger partial charge in [-0.15, -0.1) is 0 Å². The first-order valence-corrected chi connectivity index (χ1v) is 9.78. The Morgan fingerprint density at radius 1 is 1.11 bits per heavy atom. The quantitative estimate of drug-likeness (QED) is 0.854. The molecule has 2 fully saturated rings. The standard InChI is InChI=1S/C22H26N2O3/c25-20(9-8-18-7-4-14-27-18)24-12-10-22(11-13-24)15-19(22)21(26)23-16-17-5-2-1-3-6-17/h1-7,14,19H,8-13,15-16H2,(H,23,26)/t19-/m1/s1. The normalized spacial score (nSPS) is 20.4. The van der Waals surface area contributed by atoms with Gasteiger partial charge < -0.3 is 14.6 Å². The summed E-state index contributed by atoms with van der Waals surface area (Å²) in [6.07, 6.45) is 5.61. The fourth-order valence-electron chi connectivity index (χ4n) is 4.22. The largest absolute Gasteiger partial charge is 0.469 e. The first-order chi connectivity index (χ1) is 13.2. The number of nitrogens with zero attached hydrogens (tertiary/aromatic N) is 1. The molecule has 142 valence electrons. The summed E-state index contributed by atoms with van der Waals surface area (Å²) in [4.78, 5) is 26.9. The van der Waals surface area contributed by atoms with Crippen LogP contribution in [0.15, 0.2) is 53.1 Å². The summed E-state index contributed by atoms with van der Waals surface area (Å²) in [5.74, 6) is 1.32. The molecule has 0 radical (unpaired) electrons. The molecule has 1 N–H and O–H groups in total. The molecule has 1 aromatic heterocycles. The van der Waals surface area contributed by atoms with Gasteiger partial charge in [-0.1, -0.05) is 30.3 Å². The van der Waals surface area contributed by atoms with Gasteiger partial charge in [-0.3, -0.25) is 9.59 Å². The lowest BCUT2D eigenvalue weighted by Gasteiger charge is -2.33. The minimum atomic E-state index is 0.113. The molecule has 4 rings (SSSR count). The van der Waals surface area contributed by atoms with E-state index >= 15 is 0 Å². The summed E-state index contributed by atoms with van der Waals surface area (Å²) >= 11 is 0. The number of nitrogens with one attached hydrogen (secondary N) is 1. The number of carbonyl (C=O) groups excluding carboxylic acids is 2. The van der Waals surface area contributed by atoms with E-state index in [4.69, 9.17) is 4.42 Å². The number of piperidine rings is 1. The second-order valence-electron chi connectivity index (χ2n) is 7.78. The van der Waals surface area contributed by atoms with Crippen LogP contribution in [0.5, 0.6) is 0 Å². The van der Waals surface area contributed by atoms with Gasteiger partial charge in [-0.2, -0.15) is 0 Å².